The lowest BCUT2D eigenvalue weighted by Crippen LogP contribution is -2.35. The van der Waals surface area contributed by atoms with E-state index in [1.807, 2.05) is 11.4 Å². The number of nitrogens with two attached hydrogens (primary N) is 1. The number of aliphatic hydroxyl groups excluding tert-OH is 1. The maximum Gasteiger partial charge on any atom is 0.152 e. The third-order valence-corrected chi connectivity index (χ3v) is 4.89. The average molecular weight is 307 g/mol. The molecule has 0 radical (unpaired) electrons. The zero-order chi connectivity index (χ0) is 14.7. The van der Waals surface area contributed by atoms with Gasteiger partial charge in [-0.25, -0.2) is 15.8 Å². The van der Waals surface area contributed by atoms with Crippen LogP contribution >= 0.6 is 11.3 Å². The van der Waals surface area contributed by atoms with Gasteiger partial charge < -0.3 is 10.5 Å². The van der Waals surface area contributed by atoms with Gasteiger partial charge in [0, 0.05) is 12.6 Å². The number of aromatic nitrogens is 2. The first-order valence-electron chi connectivity index (χ1n) is 7.37. The monoisotopic (exact) mass is 307 g/mol. The SMILES string of the molecule is NNc1nc(CN(CCO)C2CCCC2)nc2sccc12. The number of rotatable bonds is 6. The molecular weight excluding hydrogens is 286 g/mol. The molecule has 4 N–H and O–H groups in total. The third kappa shape index (κ3) is 3.16. The standard InChI is InChI=1S/C14H21N5OS/c15-18-13-11-5-8-21-14(11)17-12(16-13)9-19(6-7-20)10-3-1-2-4-10/h5,8,10,20H,1-4,6-7,9,15H2,(H,16,17,18). The molecule has 0 saturated heterocycles. The Morgan fingerprint density at radius 3 is 2.90 bits per heavy atom. The number of nitrogen functional groups attached to an aromatic ring is 1. The minimum Gasteiger partial charge on any atom is -0.395 e. The highest BCUT2D eigenvalue weighted by Gasteiger charge is 2.23. The Bertz CT molecular complexity index is 596. The van der Waals surface area contributed by atoms with Gasteiger partial charge in [-0.05, 0) is 24.3 Å². The van der Waals surface area contributed by atoms with Crippen molar-refractivity contribution in [2.24, 2.45) is 5.84 Å². The highest BCUT2D eigenvalue weighted by atomic mass is 32.1. The Balaban J connectivity index is 1.84. The van der Waals surface area contributed by atoms with Crippen molar-refractivity contribution in [2.45, 2.75) is 38.3 Å². The van der Waals surface area contributed by atoms with Crippen LogP contribution in [0.25, 0.3) is 10.2 Å². The molecule has 0 aliphatic heterocycles. The van der Waals surface area contributed by atoms with Gasteiger partial charge in [-0.1, -0.05) is 12.8 Å². The molecule has 0 spiro atoms. The summed E-state index contributed by atoms with van der Waals surface area (Å²) in [6, 6.07) is 2.51. The zero-order valence-corrected chi connectivity index (χ0v) is 12.8. The van der Waals surface area contributed by atoms with Crippen molar-refractivity contribution < 1.29 is 5.11 Å². The fraction of sp³-hybridized carbons (Fsp3) is 0.571. The second-order valence-corrected chi connectivity index (χ2v) is 6.30. The summed E-state index contributed by atoms with van der Waals surface area (Å²) in [6.07, 6.45) is 4.94. The van der Waals surface area contributed by atoms with E-state index >= 15 is 0 Å². The predicted molar refractivity (Wildman–Crippen MR) is 85.0 cm³/mol. The summed E-state index contributed by atoms with van der Waals surface area (Å²) in [5.74, 6) is 7.00. The van der Waals surface area contributed by atoms with Crippen LogP contribution in [0, 0.1) is 0 Å². The maximum absolute atomic E-state index is 9.30. The van der Waals surface area contributed by atoms with Gasteiger partial charge in [-0.3, -0.25) is 4.90 Å². The number of hydrogen-bond donors (Lipinski definition) is 3. The zero-order valence-electron chi connectivity index (χ0n) is 12.0. The van der Waals surface area contributed by atoms with Crippen molar-refractivity contribution >= 4 is 27.4 Å². The minimum absolute atomic E-state index is 0.166. The second kappa shape index (κ2) is 6.65. The molecule has 114 valence electrons. The number of nitrogens with zero attached hydrogens (tertiary/aromatic N) is 3. The van der Waals surface area contributed by atoms with E-state index in [-0.39, 0.29) is 6.61 Å². The van der Waals surface area contributed by atoms with Gasteiger partial charge in [-0.15, -0.1) is 11.3 Å². The molecule has 1 fully saturated rings. The first kappa shape index (κ1) is 14.6. The van der Waals surface area contributed by atoms with Gasteiger partial charge >= 0.3 is 0 Å². The Morgan fingerprint density at radius 2 is 2.19 bits per heavy atom. The van der Waals surface area contributed by atoms with E-state index in [9.17, 15) is 5.11 Å². The van der Waals surface area contributed by atoms with Crippen LogP contribution < -0.4 is 11.3 Å². The summed E-state index contributed by atoms with van der Waals surface area (Å²) in [5, 5.41) is 12.3. The number of hydrogen-bond acceptors (Lipinski definition) is 7. The van der Waals surface area contributed by atoms with Gasteiger partial charge in [0.25, 0.3) is 0 Å². The molecule has 2 aromatic rings. The third-order valence-electron chi connectivity index (χ3n) is 4.08. The Hall–Kier alpha value is -1.28. The lowest BCUT2D eigenvalue weighted by atomic mass is 10.2. The first-order chi connectivity index (χ1) is 10.3. The molecule has 1 saturated carbocycles. The van der Waals surface area contributed by atoms with Crippen LogP contribution in [0.1, 0.15) is 31.5 Å². The van der Waals surface area contributed by atoms with Crippen molar-refractivity contribution in [3.05, 3.63) is 17.3 Å². The molecule has 2 heterocycles. The van der Waals surface area contributed by atoms with E-state index in [0.717, 1.165) is 16.0 Å². The second-order valence-electron chi connectivity index (χ2n) is 5.40. The van der Waals surface area contributed by atoms with Crippen molar-refractivity contribution in [1.29, 1.82) is 0 Å². The molecule has 0 amide bonds. The van der Waals surface area contributed by atoms with E-state index in [1.54, 1.807) is 11.3 Å². The molecule has 1 aliphatic rings. The fourth-order valence-electron chi connectivity index (χ4n) is 3.05. The molecule has 0 aromatic carbocycles. The maximum atomic E-state index is 9.30. The highest BCUT2D eigenvalue weighted by molar-refractivity contribution is 7.16. The van der Waals surface area contributed by atoms with E-state index in [0.29, 0.717) is 24.9 Å². The lowest BCUT2D eigenvalue weighted by molar-refractivity contribution is 0.142. The summed E-state index contributed by atoms with van der Waals surface area (Å²) in [6.45, 7) is 1.50. The summed E-state index contributed by atoms with van der Waals surface area (Å²) in [5.41, 5.74) is 2.66. The van der Waals surface area contributed by atoms with Crippen LogP contribution in [0.3, 0.4) is 0 Å². The molecule has 2 aromatic heterocycles. The van der Waals surface area contributed by atoms with Crippen LogP contribution in [-0.2, 0) is 6.54 Å². The van der Waals surface area contributed by atoms with Crippen LogP contribution in [0.5, 0.6) is 0 Å². The molecule has 3 rings (SSSR count). The minimum atomic E-state index is 0.166. The van der Waals surface area contributed by atoms with Gasteiger partial charge in [0.15, 0.2) is 5.82 Å². The van der Waals surface area contributed by atoms with Gasteiger partial charge in [0.1, 0.15) is 10.7 Å². The highest BCUT2D eigenvalue weighted by Crippen LogP contribution is 2.27. The number of aliphatic hydroxyl groups is 1. The number of anilines is 1. The largest absolute Gasteiger partial charge is 0.395 e. The van der Waals surface area contributed by atoms with Gasteiger partial charge in [0.2, 0.25) is 0 Å². The molecule has 0 unspecified atom stereocenters. The van der Waals surface area contributed by atoms with Crippen molar-refractivity contribution in [1.82, 2.24) is 14.9 Å². The summed E-state index contributed by atoms with van der Waals surface area (Å²) in [4.78, 5) is 12.4. The lowest BCUT2D eigenvalue weighted by Gasteiger charge is -2.27. The summed E-state index contributed by atoms with van der Waals surface area (Å²) < 4.78 is 0. The quantitative estimate of drug-likeness (QED) is 0.556. The normalized spacial score (nSPS) is 16.1. The molecule has 21 heavy (non-hydrogen) atoms. The Morgan fingerprint density at radius 1 is 1.38 bits per heavy atom. The van der Waals surface area contributed by atoms with Crippen molar-refractivity contribution in [3.63, 3.8) is 0 Å². The number of fused-ring (bicyclic) bond motifs is 1. The van der Waals surface area contributed by atoms with E-state index in [1.165, 1.54) is 25.7 Å². The number of thiophene rings is 1. The summed E-state index contributed by atoms with van der Waals surface area (Å²) >= 11 is 1.59. The number of hydrazine groups is 1. The molecule has 0 bridgehead atoms. The number of nitrogens with one attached hydrogen (secondary N) is 1. The topological polar surface area (TPSA) is 87.3 Å². The van der Waals surface area contributed by atoms with Crippen molar-refractivity contribution in [2.75, 3.05) is 18.6 Å². The molecule has 7 heteroatoms. The van der Waals surface area contributed by atoms with Crippen LogP contribution in [0.4, 0.5) is 5.82 Å². The molecule has 6 nitrogen and oxygen atoms in total. The van der Waals surface area contributed by atoms with E-state index in [2.05, 4.69) is 20.3 Å². The van der Waals surface area contributed by atoms with Crippen LogP contribution in [0.15, 0.2) is 11.4 Å². The average Bonchev–Trinajstić information content (AvgIpc) is 3.17. The summed E-state index contributed by atoms with van der Waals surface area (Å²) in [7, 11) is 0. The predicted octanol–water partition coefficient (Wildman–Crippen LogP) is 1.71. The van der Waals surface area contributed by atoms with E-state index in [4.69, 9.17) is 5.84 Å². The van der Waals surface area contributed by atoms with Crippen molar-refractivity contribution in [3.8, 4) is 0 Å². The Labute approximate surface area is 128 Å². The van der Waals surface area contributed by atoms with Gasteiger partial charge in [-0.2, -0.15) is 0 Å². The smallest absolute Gasteiger partial charge is 0.152 e. The molecular formula is C14H21N5OS. The Kier molecular flexibility index (Phi) is 4.64. The fourth-order valence-corrected chi connectivity index (χ4v) is 3.83. The van der Waals surface area contributed by atoms with Gasteiger partial charge in [0.05, 0.1) is 18.5 Å². The van der Waals surface area contributed by atoms with Crippen LogP contribution in [0.2, 0.25) is 0 Å². The van der Waals surface area contributed by atoms with Crippen LogP contribution in [-0.4, -0.2) is 39.2 Å². The first-order valence-corrected chi connectivity index (χ1v) is 8.25. The molecule has 0 atom stereocenters. The van der Waals surface area contributed by atoms with E-state index < -0.39 is 0 Å². The molecule has 1 aliphatic carbocycles.